The second kappa shape index (κ2) is 9.27. The predicted molar refractivity (Wildman–Crippen MR) is 96.2 cm³/mol. The molecular weight excluding hydrogens is 304 g/mol. The van der Waals surface area contributed by atoms with Crippen LogP contribution in [0.2, 0.25) is 0 Å². The van der Waals surface area contributed by atoms with E-state index < -0.39 is 0 Å². The summed E-state index contributed by atoms with van der Waals surface area (Å²) in [7, 11) is 0. The number of nitrogens with zero attached hydrogens (tertiary/aromatic N) is 2. The average Bonchev–Trinajstić information content (AvgIpc) is 2.59. The van der Waals surface area contributed by atoms with E-state index in [0.717, 1.165) is 57.8 Å². The van der Waals surface area contributed by atoms with Gasteiger partial charge < -0.3 is 15.5 Å². The summed E-state index contributed by atoms with van der Waals surface area (Å²) in [6, 6.07) is 8.05. The van der Waals surface area contributed by atoms with Gasteiger partial charge in [0.25, 0.3) is 0 Å². The lowest BCUT2D eigenvalue weighted by Gasteiger charge is -2.34. The van der Waals surface area contributed by atoms with E-state index in [1.165, 1.54) is 12.5 Å². The van der Waals surface area contributed by atoms with Crippen LogP contribution in [0.15, 0.2) is 24.3 Å². The minimum atomic E-state index is -0.0522. The van der Waals surface area contributed by atoms with Gasteiger partial charge in [0.05, 0.1) is 0 Å². The summed E-state index contributed by atoms with van der Waals surface area (Å²) in [6.07, 6.45) is 1.94. The van der Waals surface area contributed by atoms with Gasteiger partial charge in [-0.2, -0.15) is 0 Å². The molecule has 1 aliphatic rings. The van der Waals surface area contributed by atoms with Crippen LogP contribution in [0, 0.1) is 0 Å². The van der Waals surface area contributed by atoms with Crippen LogP contribution < -0.4 is 10.6 Å². The Hall–Kier alpha value is -2.08. The molecule has 24 heavy (non-hydrogen) atoms. The summed E-state index contributed by atoms with van der Waals surface area (Å²) in [4.78, 5) is 27.2. The van der Waals surface area contributed by atoms with Crippen molar-refractivity contribution in [3.05, 3.63) is 29.8 Å². The summed E-state index contributed by atoms with van der Waals surface area (Å²) in [5.74, 6) is -0.0522. The number of nitrogens with one attached hydrogen (secondary N) is 2. The molecular formula is C18H28N4O2. The number of amides is 3. The molecule has 1 saturated heterocycles. The normalized spacial score (nSPS) is 15.2. The van der Waals surface area contributed by atoms with E-state index in [0.29, 0.717) is 0 Å². The fourth-order valence-corrected chi connectivity index (χ4v) is 2.76. The highest BCUT2D eigenvalue weighted by molar-refractivity contribution is 5.88. The molecule has 6 heteroatoms. The van der Waals surface area contributed by atoms with Crippen molar-refractivity contribution in [2.75, 3.05) is 44.6 Å². The van der Waals surface area contributed by atoms with Crippen LogP contribution in [0.1, 0.15) is 25.8 Å². The molecule has 2 rings (SSSR count). The van der Waals surface area contributed by atoms with Crippen molar-refractivity contribution >= 4 is 17.6 Å². The van der Waals surface area contributed by atoms with Gasteiger partial charge >= 0.3 is 6.03 Å². The molecule has 0 bridgehead atoms. The third-order valence-corrected chi connectivity index (χ3v) is 4.18. The Balaban J connectivity index is 1.70. The Morgan fingerprint density at radius 3 is 2.33 bits per heavy atom. The number of benzene rings is 1. The summed E-state index contributed by atoms with van der Waals surface area (Å²) in [5, 5.41) is 5.71. The molecule has 0 radical (unpaired) electrons. The average molecular weight is 332 g/mol. The van der Waals surface area contributed by atoms with Gasteiger partial charge in [-0.1, -0.05) is 19.1 Å². The molecule has 132 valence electrons. The van der Waals surface area contributed by atoms with Crippen LogP contribution in [0.3, 0.4) is 0 Å². The van der Waals surface area contributed by atoms with Gasteiger partial charge in [0.1, 0.15) is 0 Å². The molecule has 0 spiro atoms. The van der Waals surface area contributed by atoms with Crippen LogP contribution in [-0.4, -0.2) is 61.0 Å². The molecule has 6 nitrogen and oxygen atoms in total. The van der Waals surface area contributed by atoms with Crippen molar-refractivity contribution in [1.29, 1.82) is 0 Å². The van der Waals surface area contributed by atoms with Gasteiger partial charge in [-0.15, -0.1) is 0 Å². The summed E-state index contributed by atoms with van der Waals surface area (Å²) in [6.45, 7) is 8.72. The number of piperazine rings is 1. The molecule has 0 atom stereocenters. The van der Waals surface area contributed by atoms with Crippen LogP contribution in [0.25, 0.3) is 0 Å². The van der Waals surface area contributed by atoms with Crippen LogP contribution in [0.5, 0.6) is 0 Å². The molecule has 1 aliphatic heterocycles. The first-order valence-corrected chi connectivity index (χ1v) is 8.70. The van der Waals surface area contributed by atoms with Crippen molar-refractivity contribution in [3.63, 3.8) is 0 Å². The van der Waals surface area contributed by atoms with Crippen molar-refractivity contribution in [3.8, 4) is 0 Å². The van der Waals surface area contributed by atoms with Crippen LogP contribution in [-0.2, 0) is 11.2 Å². The van der Waals surface area contributed by atoms with E-state index in [-0.39, 0.29) is 11.9 Å². The van der Waals surface area contributed by atoms with Gasteiger partial charge in [0.15, 0.2) is 0 Å². The highest BCUT2D eigenvalue weighted by Gasteiger charge is 2.20. The van der Waals surface area contributed by atoms with Gasteiger partial charge in [-0.25, -0.2) is 4.79 Å². The Morgan fingerprint density at radius 1 is 1.08 bits per heavy atom. The zero-order valence-corrected chi connectivity index (χ0v) is 14.7. The number of carbonyl (C=O) groups excluding carboxylic acids is 2. The van der Waals surface area contributed by atoms with Crippen molar-refractivity contribution < 1.29 is 9.59 Å². The van der Waals surface area contributed by atoms with Crippen molar-refractivity contribution in [2.24, 2.45) is 0 Å². The standard InChI is InChI=1S/C18H28N4O2/c1-3-9-19-18(24)22-13-11-21(12-14-22)10-8-16-4-6-17(7-5-16)20-15(2)23/h4-7H,3,8-14H2,1-2H3,(H,19,24)(H,20,23). The largest absolute Gasteiger partial charge is 0.338 e. The first-order valence-electron chi connectivity index (χ1n) is 8.70. The van der Waals surface area contributed by atoms with Crippen molar-refractivity contribution in [1.82, 2.24) is 15.1 Å². The molecule has 0 aliphatic carbocycles. The fourth-order valence-electron chi connectivity index (χ4n) is 2.76. The topological polar surface area (TPSA) is 64.7 Å². The summed E-state index contributed by atoms with van der Waals surface area (Å²) < 4.78 is 0. The molecule has 1 heterocycles. The lowest BCUT2D eigenvalue weighted by Crippen LogP contribution is -2.52. The Morgan fingerprint density at radius 2 is 1.75 bits per heavy atom. The maximum Gasteiger partial charge on any atom is 0.317 e. The summed E-state index contributed by atoms with van der Waals surface area (Å²) in [5.41, 5.74) is 2.09. The van der Waals surface area contributed by atoms with Gasteiger partial charge in [0, 0.05) is 51.9 Å². The van der Waals surface area contributed by atoms with Crippen LogP contribution >= 0.6 is 0 Å². The third-order valence-electron chi connectivity index (χ3n) is 4.18. The predicted octanol–water partition coefficient (Wildman–Crippen LogP) is 1.92. The monoisotopic (exact) mass is 332 g/mol. The molecule has 1 aromatic rings. The Kier molecular flexibility index (Phi) is 7.06. The molecule has 2 N–H and O–H groups in total. The number of carbonyl (C=O) groups is 2. The SMILES string of the molecule is CCCNC(=O)N1CCN(CCc2ccc(NC(C)=O)cc2)CC1. The molecule has 1 aromatic carbocycles. The zero-order chi connectivity index (χ0) is 17.4. The quantitative estimate of drug-likeness (QED) is 0.836. The van der Waals surface area contributed by atoms with Gasteiger partial charge in [0.2, 0.25) is 5.91 Å². The van der Waals surface area contributed by atoms with E-state index in [1.807, 2.05) is 17.0 Å². The molecule has 0 saturated carbocycles. The van der Waals surface area contributed by atoms with E-state index in [1.54, 1.807) is 0 Å². The van der Waals surface area contributed by atoms with Crippen LogP contribution in [0.4, 0.5) is 10.5 Å². The smallest absolute Gasteiger partial charge is 0.317 e. The van der Waals surface area contributed by atoms with E-state index in [4.69, 9.17) is 0 Å². The molecule has 1 fully saturated rings. The minimum Gasteiger partial charge on any atom is -0.338 e. The second-order valence-corrected chi connectivity index (χ2v) is 6.19. The van der Waals surface area contributed by atoms with E-state index in [9.17, 15) is 9.59 Å². The second-order valence-electron chi connectivity index (χ2n) is 6.19. The molecule has 0 aromatic heterocycles. The lowest BCUT2D eigenvalue weighted by atomic mass is 10.1. The first-order chi connectivity index (χ1) is 11.6. The van der Waals surface area contributed by atoms with Gasteiger partial charge in [-0.3, -0.25) is 9.69 Å². The van der Waals surface area contributed by atoms with E-state index in [2.05, 4.69) is 34.6 Å². The number of anilines is 1. The molecule has 3 amide bonds. The highest BCUT2D eigenvalue weighted by Crippen LogP contribution is 2.11. The first kappa shape index (κ1) is 18.3. The Labute approximate surface area is 144 Å². The highest BCUT2D eigenvalue weighted by atomic mass is 16.2. The summed E-state index contributed by atoms with van der Waals surface area (Å²) >= 11 is 0. The fraction of sp³-hybridized carbons (Fsp3) is 0.556. The van der Waals surface area contributed by atoms with Crippen molar-refractivity contribution in [2.45, 2.75) is 26.7 Å². The number of hydrogen-bond donors (Lipinski definition) is 2. The Bertz CT molecular complexity index is 536. The molecule has 0 unspecified atom stereocenters. The van der Waals surface area contributed by atoms with E-state index >= 15 is 0 Å². The third kappa shape index (κ3) is 5.85. The maximum absolute atomic E-state index is 11.9. The zero-order valence-electron chi connectivity index (χ0n) is 14.7. The minimum absolute atomic E-state index is 0.0522. The van der Waals surface area contributed by atoms with Gasteiger partial charge in [-0.05, 0) is 30.5 Å². The number of hydrogen-bond acceptors (Lipinski definition) is 3. The number of rotatable bonds is 6. The maximum atomic E-state index is 11.9. The number of urea groups is 1. The lowest BCUT2D eigenvalue weighted by molar-refractivity contribution is -0.114.